The largest absolute Gasteiger partial charge is 0.493 e. The molecule has 21 heavy (non-hydrogen) atoms. The van der Waals surface area contributed by atoms with E-state index in [0.29, 0.717) is 6.04 Å². The second kappa shape index (κ2) is 6.58. The van der Waals surface area contributed by atoms with Gasteiger partial charge in [-0.3, -0.25) is 4.98 Å². The molecule has 1 unspecified atom stereocenters. The van der Waals surface area contributed by atoms with Crippen molar-refractivity contribution in [2.24, 2.45) is 0 Å². The van der Waals surface area contributed by atoms with E-state index in [1.165, 1.54) is 11.1 Å². The summed E-state index contributed by atoms with van der Waals surface area (Å²) < 4.78 is 6.93. The molecule has 3 nitrogen and oxygen atoms in total. The summed E-state index contributed by atoms with van der Waals surface area (Å²) in [5, 5.41) is 3.73. The number of hydrogen-bond acceptors (Lipinski definition) is 3. The number of fused-ring (bicyclic) bond motifs is 1. The molecule has 110 valence electrons. The van der Waals surface area contributed by atoms with Crippen molar-refractivity contribution in [3.8, 4) is 5.75 Å². The van der Waals surface area contributed by atoms with Gasteiger partial charge in [0.2, 0.25) is 0 Å². The van der Waals surface area contributed by atoms with Crippen molar-refractivity contribution in [2.45, 2.75) is 31.8 Å². The third kappa shape index (κ3) is 3.44. The molecule has 0 saturated heterocycles. The number of aromatic nitrogens is 1. The van der Waals surface area contributed by atoms with Gasteiger partial charge in [0, 0.05) is 34.5 Å². The van der Waals surface area contributed by atoms with Crippen LogP contribution in [0.3, 0.4) is 0 Å². The van der Waals surface area contributed by atoms with Crippen molar-refractivity contribution < 1.29 is 4.74 Å². The highest BCUT2D eigenvalue weighted by atomic mass is 79.9. The number of ether oxygens (including phenoxy) is 1. The van der Waals surface area contributed by atoms with Crippen LogP contribution in [0, 0.1) is 0 Å². The van der Waals surface area contributed by atoms with E-state index >= 15 is 0 Å². The van der Waals surface area contributed by atoms with Crippen molar-refractivity contribution in [2.75, 3.05) is 6.61 Å². The summed E-state index contributed by atoms with van der Waals surface area (Å²) in [6.45, 7) is 2.98. The summed E-state index contributed by atoms with van der Waals surface area (Å²) in [4.78, 5) is 4.08. The summed E-state index contributed by atoms with van der Waals surface area (Å²) in [6, 6.07) is 11.0. The van der Waals surface area contributed by atoms with E-state index in [1.54, 1.807) is 0 Å². The van der Waals surface area contributed by atoms with Crippen LogP contribution >= 0.6 is 15.9 Å². The molecule has 0 amide bonds. The van der Waals surface area contributed by atoms with E-state index in [-0.39, 0.29) is 6.04 Å². The lowest BCUT2D eigenvalue weighted by Crippen LogP contribution is -2.24. The van der Waals surface area contributed by atoms with Gasteiger partial charge in [-0.1, -0.05) is 22.0 Å². The maximum Gasteiger partial charge on any atom is 0.125 e. The molecule has 0 aliphatic carbocycles. The van der Waals surface area contributed by atoms with E-state index in [9.17, 15) is 0 Å². The van der Waals surface area contributed by atoms with Crippen LogP contribution < -0.4 is 10.1 Å². The van der Waals surface area contributed by atoms with Crippen molar-refractivity contribution >= 4 is 15.9 Å². The fraction of sp³-hybridized carbons (Fsp3) is 0.353. The molecule has 0 radical (unpaired) electrons. The molecule has 2 atom stereocenters. The molecule has 0 saturated carbocycles. The second-order valence-electron chi connectivity index (χ2n) is 5.39. The summed E-state index contributed by atoms with van der Waals surface area (Å²) in [5.74, 6) is 0.987. The second-order valence-corrected chi connectivity index (χ2v) is 6.31. The predicted molar refractivity (Wildman–Crippen MR) is 87.4 cm³/mol. The molecular formula is C17H19BrN2O. The molecule has 0 fully saturated rings. The number of hydrogen-bond donors (Lipinski definition) is 1. The third-order valence-corrected chi connectivity index (χ3v) is 4.40. The normalized spacial score (nSPS) is 19.2. The van der Waals surface area contributed by atoms with E-state index < -0.39 is 0 Å². The molecule has 1 aromatic carbocycles. The molecule has 2 aromatic rings. The predicted octanol–water partition coefficient (Wildman–Crippen LogP) is 4.41. The Balaban J connectivity index is 1.82. The first-order chi connectivity index (χ1) is 10.2. The summed E-state index contributed by atoms with van der Waals surface area (Å²) in [5.41, 5.74) is 2.51. The van der Waals surface area contributed by atoms with Crippen LogP contribution in [0.2, 0.25) is 0 Å². The minimum Gasteiger partial charge on any atom is -0.493 e. The molecule has 1 aliphatic heterocycles. The Kier molecular flexibility index (Phi) is 4.56. The topological polar surface area (TPSA) is 34.1 Å². The van der Waals surface area contributed by atoms with Gasteiger partial charge in [0.15, 0.2) is 0 Å². The average molecular weight is 347 g/mol. The van der Waals surface area contributed by atoms with E-state index in [2.05, 4.69) is 63.5 Å². The first kappa shape index (κ1) is 14.5. The van der Waals surface area contributed by atoms with E-state index in [4.69, 9.17) is 4.74 Å². The van der Waals surface area contributed by atoms with E-state index in [1.807, 2.05) is 12.4 Å². The van der Waals surface area contributed by atoms with Crippen LogP contribution in [-0.2, 0) is 0 Å². The van der Waals surface area contributed by atoms with Gasteiger partial charge in [-0.2, -0.15) is 0 Å². The first-order valence-electron chi connectivity index (χ1n) is 7.32. The molecule has 4 heteroatoms. The summed E-state index contributed by atoms with van der Waals surface area (Å²) >= 11 is 3.52. The van der Waals surface area contributed by atoms with Gasteiger partial charge < -0.3 is 10.1 Å². The SMILES string of the molecule is C[C@@H](NC1CCCOc2cc(Br)ccc21)c1ccncc1. The summed E-state index contributed by atoms with van der Waals surface area (Å²) in [7, 11) is 0. The number of nitrogens with one attached hydrogen (secondary N) is 1. The van der Waals surface area contributed by atoms with Crippen LogP contribution in [0.25, 0.3) is 0 Å². The minimum absolute atomic E-state index is 0.285. The highest BCUT2D eigenvalue weighted by Gasteiger charge is 2.21. The Morgan fingerprint density at radius 1 is 1.29 bits per heavy atom. The Bertz CT molecular complexity index is 603. The van der Waals surface area contributed by atoms with Crippen LogP contribution in [0.15, 0.2) is 47.2 Å². The van der Waals surface area contributed by atoms with Crippen molar-refractivity contribution in [3.05, 3.63) is 58.3 Å². The third-order valence-electron chi connectivity index (χ3n) is 3.90. The Morgan fingerprint density at radius 3 is 2.90 bits per heavy atom. The van der Waals surface area contributed by atoms with Gasteiger partial charge in [-0.15, -0.1) is 0 Å². The van der Waals surface area contributed by atoms with Crippen LogP contribution in [-0.4, -0.2) is 11.6 Å². The van der Waals surface area contributed by atoms with Gasteiger partial charge in [0.25, 0.3) is 0 Å². The standard InChI is InChI=1S/C17H19BrN2O/c1-12(13-6-8-19-9-7-13)20-16-3-2-10-21-17-11-14(18)4-5-15(16)17/h4-9,11-12,16,20H,2-3,10H2,1H3/t12-,16?/m1/s1. The lowest BCUT2D eigenvalue weighted by atomic mass is 10.00. The monoisotopic (exact) mass is 346 g/mol. The van der Waals surface area contributed by atoms with Crippen molar-refractivity contribution in [3.63, 3.8) is 0 Å². The zero-order valence-electron chi connectivity index (χ0n) is 12.1. The maximum absolute atomic E-state index is 5.87. The number of halogens is 1. The number of benzene rings is 1. The summed E-state index contributed by atoms with van der Waals surface area (Å²) in [6.07, 6.45) is 5.83. The fourth-order valence-electron chi connectivity index (χ4n) is 2.77. The molecule has 0 spiro atoms. The zero-order valence-corrected chi connectivity index (χ0v) is 13.6. The van der Waals surface area contributed by atoms with Gasteiger partial charge in [0.1, 0.15) is 5.75 Å². The van der Waals surface area contributed by atoms with E-state index in [0.717, 1.165) is 29.7 Å². The van der Waals surface area contributed by atoms with Crippen LogP contribution in [0.1, 0.15) is 43.0 Å². The van der Waals surface area contributed by atoms with Crippen molar-refractivity contribution in [1.29, 1.82) is 0 Å². The molecular weight excluding hydrogens is 328 g/mol. The molecule has 1 aliphatic rings. The highest BCUT2D eigenvalue weighted by molar-refractivity contribution is 9.10. The molecule has 1 aromatic heterocycles. The Labute approximate surface area is 133 Å². The maximum atomic E-state index is 5.87. The Hall–Kier alpha value is -1.39. The number of nitrogens with zero attached hydrogens (tertiary/aromatic N) is 1. The smallest absolute Gasteiger partial charge is 0.125 e. The Morgan fingerprint density at radius 2 is 2.10 bits per heavy atom. The minimum atomic E-state index is 0.285. The first-order valence-corrected chi connectivity index (χ1v) is 8.11. The molecule has 0 bridgehead atoms. The zero-order chi connectivity index (χ0) is 14.7. The number of pyridine rings is 1. The number of rotatable bonds is 3. The quantitative estimate of drug-likeness (QED) is 0.893. The lowest BCUT2D eigenvalue weighted by Gasteiger charge is -2.23. The molecule has 2 heterocycles. The van der Waals surface area contributed by atoms with Crippen LogP contribution in [0.4, 0.5) is 0 Å². The molecule has 1 N–H and O–H groups in total. The average Bonchev–Trinajstić information content (AvgIpc) is 2.70. The fourth-order valence-corrected chi connectivity index (χ4v) is 3.11. The van der Waals surface area contributed by atoms with Gasteiger partial charge in [-0.25, -0.2) is 0 Å². The van der Waals surface area contributed by atoms with Gasteiger partial charge >= 0.3 is 0 Å². The van der Waals surface area contributed by atoms with Gasteiger partial charge in [-0.05, 0) is 49.6 Å². The lowest BCUT2D eigenvalue weighted by molar-refractivity contribution is 0.314. The van der Waals surface area contributed by atoms with Crippen LogP contribution in [0.5, 0.6) is 5.75 Å². The highest BCUT2D eigenvalue weighted by Crippen LogP contribution is 2.35. The van der Waals surface area contributed by atoms with Gasteiger partial charge in [0.05, 0.1) is 6.61 Å². The van der Waals surface area contributed by atoms with Crippen molar-refractivity contribution in [1.82, 2.24) is 10.3 Å². The molecule has 3 rings (SSSR count).